The Hall–Kier alpha value is -6.00. The third-order valence-electron chi connectivity index (χ3n) is 8.45. The smallest absolute Gasteiger partial charge is 0.231 e. The second kappa shape index (κ2) is 9.79. The maximum absolute atomic E-state index is 6.78. The zero-order valence-electron chi connectivity index (χ0n) is 23.7. The van der Waals surface area contributed by atoms with Gasteiger partial charge in [-0.3, -0.25) is 0 Å². The Kier molecular flexibility index (Phi) is 5.47. The van der Waals surface area contributed by atoms with Crippen LogP contribution < -0.4 is 0 Å². The van der Waals surface area contributed by atoms with Gasteiger partial charge in [0.1, 0.15) is 5.58 Å². The van der Waals surface area contributed by atoms with Crippen LogP contribution in [0.15, 0.2) is 156 Å². The van der Waals surface area contributed by atoms with Crippen molar-refractivity contribution in [1.82, 2.24) is 14.5 Å². The molecule has 0 aliphatic heterocycles. The maximum atomic E-state index is 6.78. The molecule has 0 unspecified atom stereocenters. The van der Waals surface area contributed by atoms with Gasteiger partial charge in [-0.1, -0.05) is 121 Å². The summed E-state index contributed by atoms with van der Waals surface area (Å²) in [6, 6.07) is 52.5. The van der Waals surface area contributed by atoms with Crippen molar-refractivity contribution in [2.24, 2.45) is 0 Å². The molecule has 9 rings (SSSR count). The summed E-state index contributed by atoms with van der Waals surface area (Å²) in [6.45, 7) is 0. The van der Waals surface area contributed by atoms with Crippen LogP contribution in [0.2, 0.25) is 0 Å². The molecular formula is C40H25N3O. The van der Waals surface area contributed by atoms with E-state index >= 15 is 0 Å². The predicted octanol–water partition coefficient (Wildman–Crippen LogP) is 10.5. The topological polar surface area (TPSA) is 43.9 Å². The lowest BCUT2D eigenvalue weighted by atomic mass is 10.0. The molecule has 0 amide bonds. The third kappa shape index (κ3) is 3.78. The van der Waals surface area contributed by atoms with Crippen molar-refractivity contribution in [2.45, 2.75) is 0 Å². The molecule has 9 aromatic rings. The summed E-state index contributed by atoms with van der Waals surface area (Å²) in [6.07, 6.45) is 0. The fraction of sp³-hybridized carbons (Fsp3) is 0. The molecule has 0 N–H and O–H groups in total. The SMILES string of the molecule is c1ccc(-c2ccc(-c3nc(-c4ccccc4)nc4oc5c(ccc6c5c5ccccc5n6-c5ccccc5)c34)cc2)cc1. The van der Waals surface area contributed by atoms with E-state index in [1.54, 1.807) is 0 Å². The van der Waals surface area contributed by atoms with Crippen LogP contribution in [-0.2, 0) is 0 Å². The van der Waals surface area contributed by atoms with Crippen molar-refractivity contribution < 1.29 is 4.42 Å². The second-order valence-corrected chi connectivity index (χ2v) is 11.0. The molecule has 4 heteroatoms. The number of hydrogen-bond donors (Lipinski definition) is 0. The zero-order chi connectivity index (χ0) is 29.0. The van der Waals surface area contributed by atoms with Crippen molar-refractivity contribution in [1.29, 1.82) is 0 Å². The molecule has 206 valence electrons. The van der Waals surface area contributed by atoms with Gasteiger partial charge in [-0.05, 0) is 41.5 Å². The van der Waals surface area contributed by atoms with Crippen LogP contribution in [0.4, 0.5) is 0 Å². The standard InChI is InChI=1S/C40H25N3O/c1-4-12-26(13-5-1)27-20-22-28(23-21-27)37-36-32-24-25-34-35(31-18-10-11-19-33(31)43(34)30-16-8-3-9-17-30)38(32)44-40(36)42-39(41-37)29-14-6-2-7-15-29/h1-25H. The van der Waals surface area contributed by atoms with Gasteiger partial charge in [0.15, 0.2) is 5.82 Å². The molecule has 0 atom stereocenters. The first kappa shape index (κ1) is 24.6. The van der Waals surface area contributed by atoms with E-state index in [1.165, 1.54) is 5.56 Å². The first-order valence-corrected chi connectivity index (χ1v) is 14.8. The number of hydrogen-bond acceptors (Lipinski definition) is 3. The minimum absolute atomic E-state index is 0.583. The van der Waals surface area contributed by atoms with Gasteiger partial charge in [0.05, 0.1) is 27.5 Å². The summed E-state index contributed by atoms with van der Waals surface area (Å²) < 4.78 is 9.08. The lowest BCUT2D eigenvalue weighted by Gasteiger charge is -2.08. The summed E-state index contributed by atoms with van der Waals surface area (Å²) in [5, 5.41) is 4.14. The molecule has 0 saturated heterocycles. The highest BCUT2D eigenvalue weighted by molar-refractivity contribution is 6.25. The number of aromatic nitrogens is 3. The van der Waals surface area contributed by atoms with E-state index in [2.05, 4.69) is 114 Å². The van der Waals surface area contributed by atoms with Gasteiger partial charge in [0, 0.05) is 27.6 Å². The number of fused-ring (bicyclic) bond motifs is 7. The van der Waals surface area contributed by atoms with Crippen LogP contribution >= 0.6 is 0 Å². The minimum Gasteiger partial charge on any atom is -0.437 e. The summed E-state index contributed by atoms with van der Waals surface area (Å²) in [5.74, 6) is 0.641. The lowest BCUT2D eigenvalue weighted by molar-refractivity contribution is 0.657. The van der Waals surface area contributed by atoms with Crippen LogP contribution in [0.5, 0.6) is 0 Å². The van der Waals surface area contributed by atoms with Crippen molar-refractivity contribution in [3.63, 3.8) is 0 Å². The molecule has 3 heterocycles. The Morgan fingerprint density at radius 1 is 0.432 bits per heavy atom. The number of benzene rings is 6. The number of rotatable bonds is 4. The lowest BCUT2D eigenvalue weighted by Crippen LogP contribution is -1.94. The van der Waals surface area contributed by atoms with Gasteiger partial charge in [-0.2, -0.15) is 4.98 Å². The normalized spacial score (nSPS) is 11.6. The predicted molar refractivity (Wildman–Crippen MR) is 180 cm³/mol. The van der Waals surface area contributed by atoms with Crippen LogP contribution in [0.1, 0.15) is 0 Å². The third-order valence-corrected chi connectivity index (χ3v) is 8.45. The average Bonchev–Trinajstić information content (AvgIpc) is 3.65. The summed E-state index contributed by atoms with van der Waals surface area (Å²) in [7, 11) is 0. The van der Waals surface area contributed by atoms with E-state index in [0.29, 0.717) is 11.5 Å². The first-order valence-electron chi connectivity index (χ1n) is 14.8. The summed E-state index contributed by atoms with van der Waals surface area (Å²) >= 11 is 0. The Morgan fingerprint density at radius 2 is 1.05 bits per heavy atom. The van der Waals surface area contributed by atoms with E-state index in [0.717, 1.165) is 66.2 Å². The van der Waals surface area contributed by atoms with E-state index in [9.17, 15) is 0 Å². The van der Waals surface area contributed by atoms with Gasteiger partial charge in [0.2, 0.25) is 5.71 Å². The number of nitrogens with zero attached hydrogens (tertiary/aromatic N) is 3. The molecule has 6 aromatic carbocycles. The first-order chi connectivity index (χ1) is 21.8. The van der Waals surface area contributed by atoms with Gasteiger partial charge in [0.25, 0.3) is 0 Å². The Morgan fingerprint density at radius 3 is 1.80 bits per heavy atom. The largest absolute Gasteiger partial charge is 0.437 e. The van der Waals surface area contributed by atoms with Gasteiger partial charge >= 0.3 is 0 Å². The summed E-state index contributed by atoms with van der Waals surface area (Å²) in [4.78, 5) is 10.2. The Bertz CT molecular complexity index is 2460. The molecule has 0 radical (unpaired) electrons. The van der Waals surface area contributed by atoms with E-state index in [-0.39, 0.29) is 0 Å². The molecule has 0 spiro atoms. The molecule has 4 nitrogen and oxygen atoms in total. The molecule has 0 fully saturated rings. The van der Waals surface area contributed by atoms with Gasteiger partial charge in [-0.15, -0.1) is 0 Å². The second-order valence-electron chi connectivity index (χ2n) is 11.0. The highest BCUT2D eigenvalue weighted by atomic mass is 16.3. The quantitative estimate of drug-likeness (QED) is 0.214. The fourth-order valence-electron chi connectivity index (χ4n) is 6.42. The molecular weight excluding hydrogens is 538 g/mol. The van der Waals surface area contributed by atoms with Crippen molar-refractivity contribution in [3.05, 3.63) is 152 Å². The van der Waals surface area contributed by atoms with Crippen LogP contribution in [0.3, 0.4) is 0 Å². The minimum atomic E-state index is 0.583. The molecule has 44 heavy (non-hydrogen) atoms. The number of furan rings is 1. The van der Waals surface area contributed by atoms with Crippen molar-refractivity contribution in [3.8, 4) is 39.5 Å². The molecule has 0 bridgehead atoms. The highest BCUT2D eigenvalue weighted by Gasteiger charge is 2.22. The molecule has 3 aromatic heterocycles. The van der Waals surface area contributed by atoms with Gasteiger partial charge < -0.3 is 8.98 Å². The molecule has 0 aliphatic rings. The Labute approximate surface area is 253 Å². The highest BCUT2D eigenvalue weighted by Crippen LogP contribution is 2.43. The van der Waals surface area contributed by atoms with Crippen LogP contribution in [0.25, 0.3) is 83.3 Å². The van der Waals surface area contributed by atoms with E-state index in [1.807, 2.05) is 42.5 Å². The maximum Gasteiger partial charge on any atom is 0.231 e. The summed E-state index contributed by atoms with van der Waals surface area (Å²) in [5.41, 5.74) is 9.91. The number of para-hydroxylation sites is 2. The van der Waals surface area contributed by atoms with Gasteiger partial charge in [-0.25, -0.2) is 4.98 Å². The molecule has 0 aliphatic carbocycles. The van der Waals surface area contributed by atoms with Crippen LogP contribution in [0, 0.1) is 0 Å². The monoisotopic (exact) mass is 563 g/mol. The average molecular weight is 564 g/mol. The van der Waals surface area contributed by atoms with E-state index in [4.69, 9.17) is 14.4 Å². The van der Waals surface area contributed by atoms with Crippen molar-refractivity contribution in [2.75, 3.05) is 0 Å². The van der Waals surface area contributed by atoms with Crippen molar-refractivity contribution >= 4 is 43.9 Å². The van der Waals surface area contributed by atoms with Crippen LogP contribution in [-0.4, -0.2) is 14.5 Å². The zero-order valence-corrected chi connectivity index (χ0v) is 23.7. The van der Waals surface area contributed by atoms with E-state index < -0.39 is 0 Å². The Balaban J connectivity index is 1.35. The fourth-order valence-corrected chi connectivity index (χ4v) is 6.42. The molecule has 0 saturated carbocycles.